The van der Waals surface area contributed by atoms with E-state index in [2.05, 4.69) is 36.9 Å². The van der Waals surface area contributed by atoms with Crippen molar-refractivity contribution < 1.29 is 4.48 Å². The third-order valence-corrected chi connectivity index (χ3v) is 7.07. The molecule has 0 aromatic carbocycles. The summed E-state index contributed by atoms with van der Waals surface area (Å²) in [7, 11) is 4.77. The molecule has 0 aromatic rings. The third-order valence-electron chi connectivity index (χ3n) is 6.51. The number of hydrogen-bond acceptors (Lipinski definition) is 0. The van der Waals surface area contributed by atoms with Gasteiger partial charge < -0.3 is 4.48 Å². The standard InChI is InChI=1S/C27H57BrN/c1-4-5-6-7-8-9-10-11-12-13-14-15-16-17-18-19-20-21-22-23-26-29(2,3)27-24-25-28/h4-27H2,1-3H3/q+1. The molecule has 29 heavy (non-hydrogen) atoms. The van der Waals surface area contributed by atoms with Crippen molar-refractivity contribution in [2.45, 2.75) is 142 Å². The minimum absolute atomic E-state index is 1.15. The van der Waals surface area contributed by atoms with Gasteiger partial charge in [-0.3, -0.25) is 0 Å². The van der Waals surface area contributed by atoms with Crippen LogP contribution in [-0.2, 0) is 0 Å². The second-order valence-electron chi connectivity index (χ2n) is 10.1. The van der Waals surface area contributed by atoms with Gasteiger partial charge in [-0.25, -0.2) is 0 Å². The summed E-state index contributed by atoms with van der Waals surface area (Å²) in [5, 5.41) is 1.15. The van der Waals surface area contributed by atoms with Crippen LogP contribution in [0.4, 0.5) is 0 Å². The molecule has 0 atom stereocenters. The predicted molar refractivity (Wildman–Crippen MR) is 138 cm³/mol. The van der Waals surface area contributed by atoms with Gasteiger partial charge in [0.25, 0.3) is 0 Å². The SMILES string of the molecule is CCCCCCCCCCCCCCCCCCCCCC[N+](C)(C)CCCBr. The fourth-order valence-electron chi connectivity index (χ4n) is 4.39. The summed E-state index contributed by atoms with van der Waals surface area (Å²) in [4.78, 5) is 0. The highest BCUT2D eigenvalue weighted by Gasteiger charge is 2.12. The molecule has 0 saturated carbocycles. The average Bonchev–Trinajstić information content (AvgIpc) is 2.71. The van der Waals surface area contributed by atoms with Crippen LogP contribution in [0.2, 0.25) is 0 Å². The Kier molecular flexibility index (Phi) is 23.5. The van der Waals surface area contributed by atoms with Gasteiger partial charge in [0.2, 0.25) is 0 Å². The molecular formula is C27H57BrN+. The highest BCUT2D eigenvalue weighted by Crippen LogP contribution is 2.15. The van der Waals surface area contributed by atoms with Gasteiger partial charge in [-0.1, -0.05) is 138 Å². The Morgan fingerprint density at radius 2 is 0.690 bits per heavy atom. The Morgan fingerprint density at radius 1 is 0.414 bits per heavy atom. The second kappa shape index (κ2) is 23.1. The maximum atomic E-state index is 3.55. The van der Waals surface area contributed by atoms with Crippen LogP contribution in [0.15, 0.2) is 0 Å². The molecule has 2 heteroatoms. The van der Waals surface area contributed by atoms with Crippen LogP contribution in [0, 0.1) is 0 Å². The van der Waals surface area contributed by atoms with E-state index in [4.69, 9.17) is 0 Å². The summed E-state index contributed by atoms with van der Waals surface area (Å²) in [5.41, 5.74) is 0. The second-order valence-corrected chi connectivity index (χ2v) is 10.9. The van der Waals surface area contributed by atoms with Gasteiger partial charge in [0.15, 0.2) is 0 Å². The van der Waals surface area contributed by atoms with E-state index in [-0.39, 0.29) is 0 Å². The molecule has 0 amide bonds. The fourth-order valence-corrected chi connectivity index (χ4v) is 4.65. The van der Waals surface area contributed by atoms with Gasteiger partial charge in [-0.2, -0.15) is 0 Å². The maximum absolute atomic E-state index is 3.55. The highest BCUT2D eigenvalue weighted by atomic mass is 79.9. The van der Waals surface area contributed by atoms with Crippen LogP contribution in [0.3, 0.4) is 0 Å². The molecule has 1 nitrogen and oxygen atoms in total. The van der Waals surface area contributed by atoms with Gasteiger partial charge in [-0.05, 0) is 12.8 Å². The molecule has 0 unspecified atom stereocenters. The van der Waals surface area contributed by atoms with Crippen LogP contribution in [0.5, 0.6) is 0 Å². The molecular weight excluding hydrogens is 418 g/mol. The molecule has 0 bridgehead atoms. The molecule has 0 heterocycles. The molecule has 0 aliphatic heterocycles. The smallest absolute Gasteiger partial charge is 0.0790 e. The average molecular weight is 476 g/mol. The van der Waals surface area contributed by atoms with E-state index < -0.39 is 0 Å². The number of halogens is 1. The lowest BCUT2D eigenvalue weighted by atomic mass is 10.0. The molecule has 0 fully saturated rings. The van der Waals surface area contributed by atoms with Crippen molar-refractivity contribution in [1.29, 1.82) is 0 Å². The van der Waals surface area contributed by atoms with Crippen molar-refractivity contribution in [2.24, 2.45) is 0 Å². The molecule has 0 aliphatic rings. The zero-order valence-corrected chi connectivity index (χ0v) is 22.4. The number of unbranched alkanes of at least 4 members (excludes halogenated alkanes) is 19. The van der Waals surface area contributed by atoms with Crippen molar-refractivity contribution in [3.63, 3.8) is 0 Å². The molecule has 0 radical (unpaired) electrons. The summed E-state index contributed by atoms with van der Waals surface area (Å²) in [5.74, 6) is 0. The first-order valence-electron chi connectivity index (χ1n) is 13.5. The van der Waals surface area contributed by atoms with Crippen LogP contribution < -0.4 is 0 Å². The highest BCUT2D eigenvalue weighted by molar-refractivity contribution is 9.09. The van der Waals surface area contributed by atoms with Gasteiger partial charge in [0, 0.05) is 11.8 Å². The van der Waals surface area contributed by atoms with E-state index >= 15 is 0 Å². The van der Waals surface area contributed by atoms with E-state index in [1.807, 2.05) is 0 Å². The fraction of sp³-hybridized carbons (Fsp3) is 1.00. The van der Waals surface area contributed by atoms with Crippen molar-refractivity contribution in [3.8, 4) is 0 Å². The summed E-state index contributed by atoms with van der Waals surface area (Å²) in [6.07, 6.45) is 30.6. The van der Waals surface area contributed by atoms with Crippen molar-refractivity contribution >= 4 is 15.9 Å². The zero-order valence-electron chi connectivity index (χ0n) is 20.8. The molecule has 0 aliphatic carbocycles. The molecule has 0 rings (SSSR count). The monoisotopic (exact) mass is 474 g/mol. The minimum atomic E-state index is 1.15. The maximum Gasteiger partial charge on any atom is 0.0790 e. The quantitative estimate of drug-likeness (QED) is 0.0740. The summed E-state index contributed by atoms with van der Waals surface area (Å²) in [6.45, 7) is 4.97. The number of hydrogen-bond donors (Lipinski definition) is 0. The predicted octanol–water partition coefficient (Wildman–Crippen LogP) is 9.67. The van der Waals surface area contributed by atoms with Crippen LogP contribution in [0.1, 0.15) is 142 Å². The number of alkyl halides is 1. The Balaban J connectivity index is 3.12. The zero-order chi connectivity index (χ0) is 21.5. The van der Waals surface area contributed by atoms with Crippen molar-refractivity contribution in [3.05, 3.63) is 0 Å². The Labute approximate surface area is 194 Å². The van der Waals surface area contributed by atoms with Crippen molar-refractivity contribution in [1.82, 2.24) is 0 Å². The topological polar surface area (TPSA) is 0 Å². The minimum Gasteiger partial charge on any atom is -0.328 e. The normalized spacial score (nSPS) is 12.0. The number of quaternary nitrogens is 1. The van der Waals surface area contributed by atoms with E-state index in [1.54, 1.807) is 0 Å². The Bertz CT molecular complexity index is 303. The van der Waals surface area contributed by atoms with Gasteiger partial charge in [-0.15, -0.1) is 0 Å². The summed E-state index contributed by atoms with van der Waals surface area (Å²) < 4.78 is 1.20. The first-order chi connectivity index (χ1) is 14.1. The van der Waals surface area contributed by atoms with E-state index in [1.165, 1.54) is 152 Å². The molecule has 0 saturated heterocycles. The van der Waals surface area contributed by atoms with Gasteiger partial charge >= 0.3 is 0 Å². The van der Waals surface area contributed by atoms with E-state index in [0.717, 1.165) is 5.33 Å². The summed E-state index contributed by atoms with van der Waals surface area (Å²) in [6, 6.07) is 0. The van der Waals surface area contributed by atoms with E-state index in [9.17, 15) is 0 Å². The first-order valence-corrected chi connectivity index (χ1v) is 14.6. The lowest BCUT2D eigenvalue weighted by Gasteiger charge is -2.29. The van der Waals surface area contributed by atoms with Crippen LogP contribution in [0.25, 0.3) is 0 Å². The van der Waals surface area contributed by atoms with Crippen LogP contribution >= 0.6 is 15.9 Å². The first kappa shape index (κ1) is 29.4. The third kappa shape index (κ3) is 24.6. The van der Waals surface area contributed by atoms with Gasteiger partial charge in [0.05, 0.1) is 27.2 Å². The van der Waals surface area contributed by atoms with Crippen molar-refractivity contribution in [2.75, 3.05) is 32.5 Å². The van der Waals surface area contributed by atoms with Crippen LogP contribution in [-0.4, -0.2) is 37.0 Å². The van der Waals surface area contributed by atoms with E-state index in [0.29, 0.717) is 0 Å². The largest absolute Gasteiger partial charge is 0.328 e. The number of rotatable bonds is 24. The number of nitrogens with zero attached hydrogens (tertiary/aromatic N) is 1. The van der Waals surface area contributed by atoms with Gasteiger partial charge in [0.1, 0.15) is 0 Å². The Morgan fingerprint density at radius 3 is 1.00 bits per heavy atom. The Hall–Kier alpha value is 0.440. The summed E-state index contributed by atoms with van der Waals surface area (Å²) >= 11 is 3.55. The molecule has 0 N–H and O–H groups in total. The lowest BCUT2D eigenvalue weighted by Crippen LogP contribution is -2.41. The molecule has 176 valence electrons. The molecule has 0 aromatic heterocycles. The lowest BCUT2D eigenvalue weighted by molar-refractivity contribution is -0.890. The molecule has 0 spiro atoms.